The Bertz CT molecular complexity index is 564. The van der Waals surface area contributed by atoms with Crippen LogP contribution in [0.4, 0.5) is 0 Å². The third-order valence-electron chi connectivity index (χ3n) is 4.82. The molecule has 0 aliphatic carbocycles. The molecule has 1 atom stereocenters. The van der Waals surface area contributed by atoms with Crippen LogP contribution in [-0.2, 0) is 5.41 Å². The first-order valence-corrected chi connectivity index (χ1v) is 10.3. The van der Waals surface area contributed by atoms with Crippen molar-refractivity contribution in [3.8, 4) is 11.5 Å². The van der Waals surface area contributed by atoms with E-state index in [4.69, 9.17) is 9.47 Å². The topological polar surface area (TPSA) is 18.5 Å². The Morgan fingerprint density at radius 3 is 2.27 bits per heavy atom. The average Bonchev–Trinajstić information content (AvgIpc) is 2.59. The van der Waals surface area contributed by atoms with Gasteiger partial charge in [-0.15, -0.1) is 0 Å². The second kappa shape index (κ2) is 10.6. The van der Waals surface area contributed by atoms with Gasteiger partial charge >= 0.3 is 0 Å². The summed E-state index contributed by atoms with van der Waals surface area (Å²) in [5, 5.41) is 0. The van der Waals surface area contributed by atoms with Crippen molar-refractivity contribution in [1.29, 1.82) is 0 Å². The van der Waals surface area contributed by atoms with E-state index < -0.39 is 0 Å². The van der Waals surface area contributed by atoms with Crippen LogP contribution in [0.15, 0.2) is 18.2 Å². The van der Waals surface area contributed by atoms with Gasteiger partial charge in [-0.3, -0.25) is 0 Å². The van der Waals surface area contributed by atoms with E-state index in [1.807, 2.05) is 0 Å². The SMILES string of the molecule is CCCCC(CC)COc1cc(C(C)(C)C)c(OC)cc1/C=C/C(C)C. The summed E-state index contributed by atoms with van der Waals surface area (Å²) in [4.78, 5) is 0. The molecule has 0 spiro atoms. The summed E-state index contributed by atoms with van der Waals surface area (Å²) in [5.74, 6) is 3.04. The lowest BCUT2D eigenvalue weighted by Gasteiger charge is -2.25. The Morgan fingerprint density at radius 2 is 1.77 bits per heavy atom. The molecular formula is C24H40O2. The molecule has 0 bridgehead atoms. The summed E-state index contributed by atoms with van der Waals surface area (Å²) < 4.78 is 12.0. The number of ether oxygens (including phenoxy) is 2. The molecule has 1 aromatic rings. The summed E-state index contributed by atoms with van der Waals surface area (Å²) in [6.45, 7) is 16.3. The van der Waals surface area contributed by atoms with Crippen molar-refractivity contribution in [2.45, 2.75) is 79.6 Å². The Labute approximate surface area is 162 Å². The molecule has 0 saturated heterocycles. The molecule has 0 aliphatic heterocycles. The smallest absolute Gasteiger partial charge is 0.127 e. The fourth-order valence-electron chi connectivity index (χ4n) is 2.99. The van der Waals surface area contributed by atoms with Gasteiger partial charge in [0, 0.05) is 11.1 Å². The molecular weight excluding hydrogens is 320 g/mol. The Hall–Kier alpha value is -1.44. The predicted molar refractivity (Wildman–Crippen MR) is 114 cm³/mol. The van der Waals surface area contributed by atoms with Crippen LogP contribution >= 0.6 is 0 Å². The Morgan fingerprint density at radius 1 is 1.08 bits per heavy atom. The van der Waals surface area contributed by atoms with Gasteiger partial charge in [0.2, 0.25) is 0 Å². The van der Waals surface area contributed by atoms with Crippen molar-refractivity contribution < 1.29 is 9.47 Å². The zero-order valence-electron chi connectivity index (χ0n) is 18.3. The Balaban J connectivity index is 3.19. The summed E-state index contributed by atoms with van der Waals surface area (Å²) in [5.41, 5.74) is 2.31. The van der Waals surface area contributed by atoms with Gasteiger partial charge in [-0.1, -0.05) is 79.9 Å². The van der Waals surface area contributed by atoms with E-state index >= 15 is 0 Å². The third-order valence-corrected chi connectivity index (χ3v) is 4.82. The second-order valence-corrected chi connectivity index (χ2v) is 8.67. The van der Waals surface area contributed by atoms with Gasteiger partial charge in [0.1, 0.15) is 11.5 Å². The third kappa shape index (κ3) is 7.05. The van der Waals surface area contributed by atoms with Crippen molar-refractivity contribution in [2.24, 2.45) is 11.8 Å². The number of rotatable bonds is 10. The van der Waals surface area contributed by atoms with Gasteiger partial charge in [0.15, 0.2) is 0 Å². The van der Waals surface area contributed by atoms with E-state index in [0.29, 0.717) is 11.8 Å². The molecule has 0 radical (unpaired) electrons. The molecule has 2 heteroatoms. The maximum absolute atomic E-state index is 6.35. The minimum Gasteiger partial charge on any atom is -0.496 e. The van der Waals surface area contributed by atoms with Crippen molar-refractivity contribution >= 4 is 6.08 Å². The fourth-order valence-corrected chi connectivity index (χ4v) is 2.99. The normalized spacial score (nSPS) is 13.4. The number of hydrogen-bond donors (Lipinski definition) is 0. The molecule has 1 unspecified atom stereocenters. The van der Waals surface area contributed by atoms with Gasteiger partial charge in [-0.25, -0.2) is 0 Å². The lowest BCUT2D eigenvalue weighted by Crippen LogP contribution is -2.15. The van der Waals surface area contributed by atoms with Crippen molar-refractivity contribution in [1.82, 2.24) is 0 Å². The molecule has 0 heterocycles. The van der Waals surface area contributed by atoms with E-state index in [1.165, 1.54) is 31.2 Å². The molecule has 2 nitrogen and oxygen atoms in total. The van der Waals surface area contributed by atoms with Crippen LogP contribution in [0.3, 0.4) is 0 Å². The first-order valence-electron chi connectivity index (χ1n) is 10.3. The fraction of sp³-hybridized carbons (Fsp3) is 0.667. The molecule has 1 aromatic carbocycles. The molecule has 0 fully saturated rings. The molecule has 26 heavy (non-hydrogen) atoms. The highest BCUT2D eigenvalue weighted by molar-refractivity contribution is 5.62. The van der Waals surface area contributed by atoms with Crippen molar-refractivity contribution in [2.75, 3.05) is 13.7 Å². The van der Waals surface area contributed by atoms with Gasteiger partial charge in [-0.2, -0.15) is 0 Å². The van der Waals surface area contributed by atoms with Gasteiger partial charge < -0.3 is 9.47 Å². The molecule has 0 N–H and O–H groups in total. The largest absolute Gasteiger partial charge is 0.496 e. The quantitative estimate of drug-likeness (QED) is 0.437. The molecule has 0 amide bonds. The summed E-state index contributed by atoms with van der Waals surface area (Å²) in [6.07, 6.45) is 9.31. The maximum atomic E-state index is 6.35. The minimum atomic E-state index is 0.0100. The highest BCUT2D eigenvalue weighted by atomic mass is 16.5. The molecule has 0 aliphatic rings. The zero-order chi connectivity index (χ0) is 19.7. The van der Waals surface area contributed by atoms with E-state index in [0.717, 1.165) is 23.7 Å². The van der Waals surface area contributed by atoms with Gasteiger partial charge in [-0.05, 0) is 35.8 Å². The van der Waals surface area contributed by atoms with Crippen LogP contribution in [0.5, 0.6) is 11.5 Å². The van der Waals surface area contributed by atoms with E-state index in [9.17, 15) is 0 Å². The average molecular weight is 361 g/mol. The summed E-state index contributed by atoms with van der Waals surface area (Å²) in [7, 11) is 1.75. The first-order chi connectivity index (χ1) is 12.2. The van der Waals surface area contributed by atoms with Gasteiger partial charge in [0.25, 0.3) is 0 Å². The number of benzene rings is 1. The number of unbranched alkanes of at least 4 members (excludes halogenated alkanes) is 1. The molecule has 0 aromatic heterocycles. The minimum absolute atomic E-state index is 0.0100. The van der Waals surface area contributed by atoms with E-state index in [-0.39, 0.29) is 5.41 Å². The molecule has 148 valence electrons. The van der Waals surface area contributed by atoms with Crippen LogP contribution in [0.2, 0.25) is 0 Å². The monoisotopic (exact) mass is 360 g/mol. The number of allylic oxidation sites excluding steroid dienone is 1. The zero-order valence-corrected chi connectivity index (χ0v) is 18.3. The highest BCUT2D eigenvalue weighted by Crippen LogP contribution is 2.37. The lowest BCUT2D eigenvalue weighted by molar-refractivity contribution is 0.232. The Kier molecular flexibility index (Phi) is 9.25. The van der Waals surface area contributed by atoms with Gasteiger partial charge in [0.05, 0.1) is 13.7 Å². The first kappa shape index (κ1) is 22.6. The molecule has 0 saturated carbocycles. The van der Waals surface area contributed by atoms with Crippen LogP contribution in [0, 0.1) is 11.8 Å². The summed E-state index contributed by atoms with van der Waals surface area (Å²) in [6, 6.07) is 4.31. The number of methoxy groups -OCH3 is 1. The van der Waals surface area contributed by atoms with Crippen LogP contribution in [0.1, 0.15) is 85.3 Å². The van der Waals surface area contributed by atoms with E-state index in [1.54, 1.807) is 7.11 Å². The predicted octanol–water partition coefficient (Wildman–Crippen LogP) is 7.26. The van der Waals surface area contributed by atoms with Crippen molar-refractivity contribution in [3.05, 3.63) is 29.3 Å². The standard InChI is InChI=1S/C24H40O2/c1-9-11-12-19(10-2)17-26-22-16-21(24(5,6)7)23(25-8)15-20(22)14-13-18(3)4/h13-16,18-19H,9-12,17H2,1-8H3/b14-13+. The lowest BCUT2D eigenvalue weighted by atomic mass is 9.85. The van der Waals surface area contributed by atoms with Crippen LogP contribution < -0.4 is 9.47 Å². The second-order valence-electron chi connectivity index (χ2n) is 8.67. The summed E-state index contributed by atoms with van der Waals surface area (Å²) >= 11 is 0. The maximum Gasteiger partial charge on any atom is 0.127 e. The van der Waals surface area contributed by atoms with Crippen LogP contribution in [-0.4, -0.2) is 13.7 Å². The molecule has 1 rings (SSSR count). The number of hydrogen-bond acceptors (Lipinski definition) is 2. The van der Waals surface area contributed by atoms with Crippen molar-refractivity contribution in [3.63, 3.8) is 0 Å². The highest BCUT2D eigenvalue weighted by Gasteiger charge is 2.22. The van der Waals surface area contributed by atoms with Crippen LogP contribution in [0.25, 0.3) is 6.08 Å². The van der Waals surface area contributed by atoms with E-state index in [2.05, 4.69) is 72.8 Å².